The number of hydrogen-bond acceptors (Lipinski definition) is 4. The number of ether oxygens (including phenoxy) is 1. The minimum Gasteiger partial charge on any atom is -0.422 e. The molecule has 0 aliphatic carbocycles. The number of carbonyl (C=O) groups is 1. The van der Waals surface area contributed by atoms with Gasteiger partial charge in [-0.2, -0.15) is 0 Å². The fourth-order valence-electron chi connectivity index (χ4n) is 6.00. The molecule has 6 aromatic carbocycles. The lowest BCUT2D eigenvalue weighted by Crippen LogP contribution is -2.06. The molecular formula is C39H24O2S2. The van der Waals surface area contributed by atoms with E-state index in [1.54, 1.807) is 11.3 Å². The first-order chi connectivity index (χ1) is 21.2. The van der Waals surface area contributed by atoms with Crippen LogP contribution < -0.4 is 4.74 Å². The van der Waals surface area contributed by atoms with Crippen LogP contribution in [0.1, 0.15) is 0 Å². The molecule has 0 saturated heterocycles. The molecule has 0 bridgehead atoms. The summed E-state index contributed by atoms with van der Waals surface area (Å²) in [7, 11) is 0. The second-order valence-electron chi connectivity index (χ2n) is 10.5. The van der Waals surface area contributed by atoms with Gasteiger partial charge in [0.25, 0.3) is 0 Å². The van der Waals surface area contributed by atoms with Crippen LogP contribution in [-0.4, -0.2) is 5.97 Å². The molecule has 0 radical (unpaired) electrons. The maximum Gasteiger partial charge on any atom is 0.335 e. The van der Waals surface area contributed by atoms with Gasteiger partial charge in [0.05, 0.1) is 0 Å². The number of thiophene rings is 2. The lowest BCUT2D eigenvalue weighted by molar-refractivity contribution is -0.128. The summed E-state index contributed by atoms with van der Waals surface area (Å²) in [5.74, 6) is 0.0506. The lowest BCUT2D eigenvalue weighted by atomic mass is 9.91. The first-order valence-corrected chi connectivity index (χ1v) is 15.7. The van der Waals surface area contributed by atoms with E-state index in [9.17, 15) is 4.79 Å². The molecule has 0 amide bonds. The van der Waals surface area contributed by atoms with Gasteiger partial charge in [0.1, 0.15) is 5.75 Å². The van der Waals surface area contributed by atoms with E-state index in [0.717, 1.165) is 38.1 Å². The van der Waals surface area contributed by atoms with E-state index >= 15 is 0 Å². The smallest absolute Gasteiger partial charge is 0.335 e. The van der Waals surface area contributed by atoms with Crippen molar-refractivity contribution in [1.29, 1.82) is 0 Å². The third-order valence-corrected chi connectivity index (χ3v) is 10.4. The summed E-state index contributed by atoms with van der Waals surface area (Å²) in [5, 5.41) is 4.93. The Kier molecular flexibility index (Phi) is 6.18. The number of hydrogen-bond donors (Lipinski definition) is 0. The highest BCUT2D eigenvalue weighted by molar-refractivity contribution is 7.26. The minimum atomic E-state index is -0.485. The Hall–Kier alpha value is -5.03. The molecule has 2 nitrogen and oxygen atoms in total. The Balaban J connectivity index is 1.49. The second kappa shape index (κ2) is 10.4. The summed E-state index contributed by atoms with van der Waals surface area (Å²) >= 11 is 3.58. The van der Waals surface area contributed by atoms with Crippen molar-refractivity contribution >= 4 is 69.0 Å². The summed E-state index contributed by atoms with van der Waals surface area (Å²) in [6.07, 6.45) is 1.23. The summed E-state index contributed by atoms with van der Waals surface area (Å²) in [4.78, 5) is 12.8. The Labute approximate surface area is 256 Å². The van der Waals surface area contributed by atoms with Crippen LogP contribution in [0, 0.1) is 0 Å². The monoisotopic (exact) mass is 588 g/mol. The van der Waals surface area contributed by atoms with Gasteiger partial charge in [0.15, 0.2) is 0 Å². The Morgan fingerprint density at radius 3 is 1.72 bits per heavy atom. The summed E-state index contributed by atoms with van der Waals surface area (Å²) in [6.45, 7) is 3.69. The Bertz CT molecular complexity index is 2360. The summed E-state index contributed by atoms with van der Waals surface area (Å²) in [5.41, 5.74) is 5.98. The van der Waals surface area contributed by atoms with Crippen LogP contribution >= 0.6 is 22.7 Å². The van der Waals surface area contributed by atoms with E-state index in [1.807, 2.05) is 29.5 Å². The van der Waals surface area contributed by atoms with Crippen LogP contribution in [0.5, 0.6) is 5.75 Å². The van der Waals surface area contributed by atoms with Gasteiger partial charge in [-0.3, -0.25) is 0 Å². The van der Waals surface area contributed by atoms with E-state index in [-0.39, 0.29) is 0 Å². The van der Waals surface area contributed by atoms with Crippen molar-refractivity contribution in [3.63, 3.8) is 0 Å². The zero-order valence-electron chi connectivity index (χ0n) is 23.0. The molecule has 0 spiro atoms. The number of rotatable bonds is 5. The van der Waals surface area contributed by atoms with E-state index in [1.165, 1.54) is 41.7 Å². The van der Waals surface area contributed by atoms with Crippen LogP contribution in [0.4, 0.5) is 0 Å². The second-order valence-corrected chi connectivity index (χ2v) is 12.6. The highest BCUT2D eigenvalue weighted by Crippen LogP contribution is 2.49. The molecule has 2 heterocycles. The zero-order chi connectivity index (χ0) is 28.9. The molecule has 204 valence electrons. The Morgan fingerprint density at radius 2 is 1.07 bits per heavy atom. The van der Waals surface area contributed by atoms with E-state index < -0.39 is 5.97 Å². The van der Waals surface area contributed by atoms with Crippen LogP contribution in [-0.2, 0) is 4.79 Å². The standard InChI is InChI=1S/C39H24O2S2/c1-2-36(40)41-37-32(24-12-4-3-5-13-24)22-25(26-16-10-17-29-27-14-6-8-20-34(27)42-38(26)29)23-33(37)31-19-11-18-30-28-15-7-9-21-35(28)43-39(30)31/h2-23H,1H2. The van der Waals surface area contributed by atoms with E-state index in [4.69, 9.17) is 4.74 Å². The topological polar surface area (TPSA) is 26.3 Å². The van der Waals surface area contributed by atoms with Crippen LogP contribution in [0.3, 0.4) is 0 Å². The van der Waals surface area contributed by atoms with Crippen molar-refractivity contribution in [1.82, 2.24) is 0 Å². The normalized spacial score (nSPS) is 11.4. The number of esters is 1. The number of fused-ring (bicyclic) bond motifs is 6. The zero-order valence-corrected chi connectivity index (χ0v) is 24.7. The van der Waals surface area contributed by atoms with Gasteiger partial charge in [-0.25, -0.2) is 4.79 Å². The molecule has 8 rings (SSSR count). The molecule has 0 N–H and O–H groups in total. The Morgan fingerprint density at radius 1 is 0.535 bits per heavy atom. The molecule has 8 aromatic rings. The third kappa shape index (κ3) is 4.26. The first-order valence-electron chi connectivity index (χ1n) is 14.1. The molecule has 0 fully saturated rings. The molecular weight excluding hydrogens is 565 g/mol. The van der Waals surface area contributed by atoms with Gasteiger partial charge in [0, 0.05) is 63.1 Å². The fraction of sp³-hybridized carbons (Fsp3) is 0. The summed E-state index contributed by atoms with van der Waals surface area (Å²) < 4.78 is 11.0. The van der Waals surface area contributed by atoms with Gasteiger partial charge >= 0.3 is 5.97 Å². The van der Waals surface area contributed by atoms with Gasteiger partial charge in [-0.15, -0.1) is 22.7 Å². The minimum absolute atomic E-state index is 0.485. The molecule has 43 heavy (non-hydrogen) atoms. The van der Waals surface area contributed by atoms with Crippen LogP contribution in [0.2, 0.25) is 0 Å². The molecule has 4 heteroatoms. The van der Waals surface area contributed by atoms with Crippen molar-refractivity contribution in [2.45, 2.75) is 0 Å². The van der Waals surface area contributed by atoms with Gasteiger partial charge in [0.2, 0.25) is 0 Å². The van der Waals surface area contributed by atoms with Crippen molar-refractivity contribution in [2.24, 2.45) is 0 Å². The SMILES string of the molecule is C=CC(=O)Oc1c(-c2ccccc2)cc(-c2cccc3c2sc2ccccc23)cc1-c1cccc2c1sc1ccccc12. The van der Waals surface area contributed by atoms with Crippen molar-refractivity contribution in [2.75, 3.05) is 0 Å². The molecule has 2 aromatic heterocycles. The number of carbonyl (C=O) groups excluding carboxylic acids is 1. The van der Waals surface area contributed by atoms with Crippen LogP contribution in [0.25, 0.3) is 73.7 Å². The predicted molar refractivity (Wildman–Crippen MR) is 184 cm³/mol. The molecule has 0 atom stereocenters. The average Bonchev–Trinajstić information content (AvgIpc) is 3.64. The largest absolute Gasteiger partial charge is 0.422 e. The van der Waals surface area contributed by atoms with Gasteiger partial charge in [-0.05, 0) is 41.0 Å². The highest BCUT2D eigenvalue weighted by atomic mass is 32.1. The predicted octanol–water partition coefficient (Wildman–Crippen LogP) is 11.5. The van der Waals surface area contributed by atoms with Crippen molar-refractivity contribution in [3.8, 4) is 39.1 Å². The molecule has 0 aliphatic rings. The third-order valence-electron chi connectivity index (χ3n) is 7.95. The van der Waals surface area contributed by atoms with Crippen molar-refractivity contribution < 1.29 is 9.53 Å². The van der Waals surface area contributed by atoms with Crippen molar-refractivity contribution in [3.05, 3.63) is 140 Å². The van der Waals surface area contributed by atoms with E-state index in [2.05, 4.69) is 116 Å². The van der Waals surface area contributed by atoms with E-state index in [0.29, 0.717) is 5.75 Å². The van der Waals surface area contributed by atoms with Gasteiger partial charge < -0.3 is 4.74 Å². The molecule has 0 saturated carbocycles. The lowest BCUT2D eigenvalue weighted by Gasteiger charge is -2.18. The molecule has 0 unspecified atom stereocenters. The summed E-state index contributed by atoms with van der Waals surface area (Å²) in [6, 6.07) is 44.5. The van der Waals surface area contributed by atoms with Crippen LogP contribution in [0.15, 0.2) is 140 Å². The maximum absolute atomic E-state index is 12.8. The quantitative estimate of drug-likeness (QED) is 0.114. The highest BCUT2D eigenvalue weighted by Gasteiger charge is 2.22. The first kappa shape index (κ1) is 25.7. The fourth-order valence-corrected chi connectivity index (χ4v) is 8.47. The number of benzene rings is 6. The molecule has 0 aliphatic heterocycles. The average molecular weight is 589 g/mol. The van der Waals surface area contributed by atoms with Gasteiger partial charge in [-0.1, -0.05) is 110 Å². The maximum atomic E-state index is 12.8.